The van der Waals surface area contributed by atoms with E-state index in [9.17, 15) is 21.6 Å². The van der Waals surface area contributed by atoms with E-state index in [1.807, 2.05) is 13.8 Å². The van der Waals surface area contributed by atoms with Crippen LogP contribution in [0, 0.1) is 0 Å². The Labute approximate surface area is 199 Å². The lowest BCUT2D eigenvalue weighted by molar-refractivity contribution is 0.102. The Morgan fingerprint density at radius 1 is 0.941 bits per heavy atom. The molecule has 0 atom stereocenters. The fourth-order valence-electron chi connectivity index (χ4n) is 3.30. The van der Waals surface area contributed by atoms with E-state index >= 15 is 0 Å². The summed E-state index contributed by atoms with van der Waals surface area (Å²) in [5.74, 6) is -0.653. The van der Waals surface area contributed by atoms with Crippen LogP contribution in [0.25, 0.3) is 11.5 Å². The van der Waals surface area contributed by atoms with Crippen molar-refractivity contribution in [1.82, 2.24) is 14.5 Å². The van der Waals surface area contributed by atoms with E-state index in [2.05, 4.69) is 15.5 Å². The fourth-order valence-corrected chi connectivity index (χ4v) is 5.80. The third-order valence-corrected chi connectivity index (χ3v) is 7.93. The van der Waals surface area contributed by atoms with Crippen LogP contribution in [0.2, 0.25) is 0 Å². The Morgan fingerprint density at radius 3 is 2.15 bits per heavy atom. The Hall–Kier alpha value is -3.09. The van der Waals surface area contributed by atoms with Gasteiger partial charge >= 0.3 is 6.01 Å². The molecule has 0 saturated heterocycles. The van der Waals surface area contributed by atoms with Crippen LogP contribution in [0.5, 0.6) is 0 Å². The normalized spacial score (nSPS) is 12.1. The third-order valence-electron chi connectivity index (χ3n) is 4.86. The van der Waals surface area contributed by atoms with Crippen molar-refractivity contribution >= 4 is 31.8 Å². The van der Waals surface area contributed by atoms with E-state index in [1.165, 1.54) is 40.7 Å². The van der Waals surface area contributed by atoms with Crippen LogP contribution in [0.3, 0.4) is 0 Å². The molecule has 0 fully saturated rings. The molecule has 0 unspecified atom stereocenters. The van der Waals surface area contributed by atoms with Crippen molar-refractivity contribution in [2.24, 2.45) is 0 Å². The van der Waals surface area contributed by atoms with Crippen molar-refractivity contribution in [2.45, 2.75) is 36.5 Å². The molecule has 12 heteroatoms. The second-order valence-electron chi connectivity index (χ2n) is 7.56. The molecule has 3 aromatic rings. The second kappa shape index (κ2) is 10.5. The van der Waals surface area contributed by atoms with Gasteiger partial charge in [0.2, 0.25) is 10.0 Å². The smallest absolute Gasteiger partial charge is 0.322 e. The first-order valence-corrected chi connectivity index (χ1v) is 14.0. The highest BCUT2D eigenvalue weighted by molar-refractivity contribution is 7.90. The van der Waals surface area contributed by atoms with Gasteiger partial charge in [0.25, 0.3) is 11.8 Å². The molecular weight excluding hydrogens is 480 g/mol. The number of hydrogen-bond donors (Lipinski definition) is 1. The lowest BCUT2D eigenvalue weighted by Gasteiger charge is -2.21. The Balaban J connectivity index is 1.78. The van der Waals surface area contributed by atoms with E-state index in [1.54, 1.807) is 12.1 Å². The molecule has 0 aliphatic rings. The molecule has 0 aliphatic heterocycles. The highest BCUT2D eigenvalue weighted by Crippen LogP contribution is 2.27. The van der Waals surface area contributed by atoms with Gasteiger partial charge in [-0.3, -0.25) is 10.1 Å². The summed E-state index contributed by atoms with van der Waals surface area (Å²) in [7, 11) is -7.19. The maximum atomic E-state index is 12.9. The number of aromatic nitrogens is 2. The van der Waals surface area contributed by atoms with Crippen LogP contribution in [0.15, 0.2) is 62.7 Å². The van der Waals surface area contributed by atoms with Gasteiger partial charge in [-0.05, 0) is 49.2 Å². The highest BCUT2D eigenvalue weighted by atomic mass is 32.2. The molecular formula is C22H26N4O6S2. The van der Waals surface area contributed by atoms with Crippen LogP contribution in [-0.2, 0) is 19.9 Å². The number of amides is 1. The Morgan fingerprint density at radius 2 is 1.56 bits per heavy atom. The number of benzene rings is 2. The summed E-state index contributed by atoms with van der Waals surface area (Å²) in [5.41, 5.74) is 0.407. The van der Waals surface area contributed by atoms with E-state index < -0.39 is 25.8 Å². The molecule has 0 spiro atoms. The second-order valence-corrected chi connectivity index (χ2v) is 11.5. The van der Waals surface area contributed by atoms with Crippen LogP contribution in [0.1, 0.15) is 37.0 Å². The van der Waals surface area contributed by atoms with E-state index in [0.29, 0.717) is 25.9 Å². The van der Waals surface area contributed by atoms with Gasteiger partial charge in [-0.2, -0.15) is 4.31 Å². The van der Waals surface area contributed by atoms with Crippen molar-refractivity contribution in [3.05, 3.63) is 54.1 Å². The number of carbonyl (C=O) groups excluding carboxylic acids is 1. The molecule has 1 heterocycles. The number of sulfone groups is 1. The standard InChI is InChI=1S/C22H26N4O6S2/c1-4-14-26(15-5-2)34(30,31)17-12-10-16(11-13-17)20(27)23-22-25-24-21(32-22)18-8-6-7-9-19(18)33(3,28)29/h6-13H,4-5,14-15H2,1-3H3,(H,23,25,27). The summed E-state index contributed by atoms with van der Waals surface area (Å²) in [4.78, 5) is 12.7. The number of nitrogens with one attached hydrogen (secondary N) is 1. The first-order chi connectivity index (χ1) is 16.1. The van der Waals surface area contributed by atoms with E-state index in [-0.39, 0.29) is 32.8 Å². The van der Waals surface area contributed by atoms with Gasteiger partial charge in [0, 0.05) is 24.9 Å². The molecule has 182 valence electrons. The van der Waals surface area contributed by atoms with Gasteiger partial charge in [-0.1, -0.05) is 31.1 Å². The van der Waals surface area contributed by atoms with Gasteiger partial charge in [0.15, 0.2) is 9.84 Å². The predicted octanol–water partition coefficient (Wildman–Crippen LogP) is 3.20. The minimum atomic E-state index is -3.66. The fraction of sp³-hybridized carbons (Fsp3) is 0.318. The average molecular weight is 507 g/mol. The van der Waals surface area contributed by atoms with Crippen molar-refractivity contribution in [3.63, 3.8) is 0 Å². The number of nitrogens with zero attached hydrogens (tertiary/aromatic N) is 3. The van der Waals surface area contributed by atoms with Crippen LogP contribution >= 0.6 is 0 Å². The number of carbonyl (C=O) groups is 1. The lowest BCUT2D eigenvalue weighted by Crippen LogP contribution is -2.32. The Kier molecular flexibility index (Phi) is 7.85. The Bertz CT molecular complexity index is 1360. The first kappa shape index (κ1) is 25.5. The predicted molar refractivity (Wildman–Crippen MR) is 127 cm³/mol. The zero-order chi connectivity index (χ0) is 24.9. The van der Waals surface area contributed by atoms with Gasteiger partial charge in [-0.15, -0.1) is 5.10 Å². The topological polar surface area (TPSA) is 140 Å². The van der Waals surface area contributed by atoms with Crippen molar-refractivity contribution in [1.29, 1.82) is 0 Å². The molecule has 34 heavy (non-hydrogen) atoms. The molecule has 10 nitrogen and oxygen atoms in total. The molecule has 3 rings (SSSR count). The molecule has 2 aromatic carbocycles. The van der Waals surface area contributed by atoms with Crippen LogP contribution < -0.4 is 5.32 Å². The van der Waals surface area contributed by atoms with Gasteiger partial charge in [0.1, 0.15) is 0 Å². The maximum Gasteiger partial charge on any atom is 0.322 e. The van der Waals surface area contributed by atoms with Crippen LogP contribution in [0.4, 0.5) is 6.01 Å². The zero-order valence-electron chi connectivity index (χ0n) is 19.1. The highest BCUT2D eigenvalue weighted by Gasteiger charge is 2.24. The van der Waals surface area contributed by atoms with E-state index in [0.717, 1.165) is 6.26 Å². The molecule has 0 radical (unpaired) electrons. The van der Waals surface area contributed by atoms with Gasteiger partial charge in [-0.25, -0.2) is 16.8 Å². The van der Waals surface area contributed by atoms with E-state index in [4.69, 9.17) is 4.42 Å². The van der Waals surface area contributed by atoms with Gasteiger partial charge < -0.3 is 4.42 Å². The molecule has 0 aliphatic carbocycles. The molecule has 0 bridgehead atoms. The quantitative estimate of drug-likeness (QED) is 0.442. The van der Waals surface area contributed by atoms with Gasteiger partial charge in [0.05, 0.1) is 15.4 Å². The van der Waals surface area contributed by atoms with Crippen molar-refractivity contribution < 1.29 is 26.0 Å². The molecule has 1 N–H and O–H groups in total. The molecule has 1 aromatic heterocycles. The maximum absolute atomic E-state index is 12.9. The molecule has 1 amide bonds. The first-order valence-electron chi connectivity index (χ1n) is 10.6. The monoisotopic (exact) mass is 506 g/mol. The number of anilines is 1. The minimum absolute atomic E-state index is 0.0218. The van der Waals surface area contributed by atoms with Crippen LogP contribution in [-0.4, -0.2) is 56.6 Å². The number of hydrogen-bond acceptors (Lipinski definition) is 8. The summed E-state index contributed by atoms with van der Waals surface area (Å²) in [6, 6.07) is 11.5. The summed E-state index contributed by atoms with van der Waals surface area (Å²) in [6.45, 7) is 4.66. The molecule has 0 saturated carbocycles. The summed E-state index contributed by atoms with van der Waals surface area (Å²) in [6.07, 6.45) is 2.46. The van der Waals surface area contributed by atoms with Crippen molar-refractivity contribution in [3.8, 4) is 11.5 Å². The summed E-state index contributed by atoms with van der Waals surface area (Å²) in [5, 5.41) is 10.0. The largest absolute Gasteiger partial charge is 0.403 e. The third kappa shape index (κ3) is 5.69. The SMILES string of the molecule is CCCN(CCC)S(=O)(=O)c1ccc(C(=O)Nc2nnc(-c3ccccc3S(C)(=O)=O)o2)cc1. The summed E-state index contributed by atoms with van der Waals surface area (Å²) >= 11 is 0. The lowest BCUT2D eigenvalue weighted by atomic mass is 10.2. The average Bonchev–Trinajstić information content (AvgIpc) is 3.26. The number of sulfonamides is 1. The summed E-state index contributed by atoms with van der Waals surface area (Å²) < 4.78 is 56.6. The van der Waals surface area contributed by atoms with Crippen molar-refractivity contribution in [2.75, 3.05) is 24.7 Å². The number of rotatable bonds is 10. The zero-order valence-corrected chi connectivity index (χ0v) is 20.7. The minimum Gasteiger partial charge on any atom is -0.403 e.